The van der Waals surface area contributed by atoms with Crippen LogP contribution in [-0.2, 0) is 16.1 Å². The Balaban J connectivity index is 1.55. The van der Waals surface area contributed by atoms with Crippen LogP contribution in [-0.4, -0.2) is 57.5 Å². The third kappa shape index (κ3) is 3.19. The summed E-state index contributed by atoms with van der Waals surface area (Å²) in [5.41, 5.74) is 6.02. The Labute approximate surface area is 158 Å². The van der Waals surface area contributed by atoms with Crippen molar-refractivity contribution in [2.75, 3.05) is 6.54 Å². The van der Waals surface area contributed by atoms with Gasteiger partial charge in [0, 0.05) is 11.4 Å². The molecule has 8 nitrogen and oxygen atoms in total. The number of hydrogen-bond acceptors (Lipinski definition) is 4. The average Bonchev–Trinajstić information content (AvgIpc) is 3.16. The van der Waals surface area contributed by atoms with Gasteiger partial charge in [-0.2, -0.15) is 5.10 Å². The van der Waals surface area contributed by atoms with Gasteiger partial charge in [-0.1, -0.05) is 18.2 Å². The van der Waals surface area contributed by atoms with Crippen LogP contribution in [0.4, 0.5) is 8.78 Å². The number of likely N-dealkylation sites (tertiary alicyclic amines) is 1. The van der Waals surface area contributed by atoms with Crippen LogP contribution < -0.4 is 11.1 Å². The highest BCUT2D eigenvalue weighted by Crippen LogP contribution is 2.48. The number of para-hydroxylation sites is 1. The summed E-state index contributed by atoms with van der Waals surface area (Å²) in [4.78, 5) is 38.3. The van der Waals surface area contributed by atoms with Crippen LogP contribution in [0.2, 0.25) is 0 Å². The quantitative estimate of drug-likeness (QED) is 0.747. The lowest BCUT2D eigenvalue weighted by Crippen LogP contribution is -2.49. The van der Waals surface area contributed by atoms with E-state index in [1.807, 2.05) is 0 Å². The smallest absolute Gasteiger partial charge is 0.269 e. The fourth-order valence-corrected chi connectivity index (χ4v) is 3.98. The Hall–Kier alpha value is -3.04. The van der Waals surface area contributed by atoms with Gasteiger partial charge in [0.15, 0.2) is 5.69 Å². The van der Waals surface area contributed by atoms with Crippen molar-refractivity contribution in [2.45, 2.75) is 37.9 Å². The van der Waals surface area contributed by atoms with Crippen molar-refractivity contribution < 1.29 is 23.2 Å². The third-order valence-electron chi connectivity index (χ3n) is 5.30. The molecule has 1 saturated carbocycles. The third-order valence-corrected chi connectivity index (χ3v) is 5.30. The van der Waals surface area contributed by atoms with Gasteiger partial charge in [-0.3, -0.25) is 19.1 Å². The van der Waals surface area contributed by atoms with E-state index in [0.29, 0.717) is 17.3 Å². The van der Waals surface area contributed by atoms with Gasteiger partial charge in [0.2, 0.25) is 11.8 Å². The van der Waals surface area contributed by atoms with Gasteiger partial charge >= 0.3 is 0 Å². The Morgan fingerprint density at radius 3 is 2.71 bits per heavy atom. The molecule has 1 aliphatic heterocycles. The minimum atomic E-state index is -2.65. The highest BCUT2D eigenvalue weighted by atomic mass is 19.3. The van der Waals surface area contributed by atoms with Crippen molar-refractivity contribution in [2.24, 2.45) is 11.7 Å². The first-order valence-corrected chi connectivity index (χ1v) is 8.99. The van der Waals surface area contributed by atoms with Crippen molar-refractivity contribution in [1.29, 1.82) is 0 Å². The number of amides is 3. The van der Waals surface area contributed by atoms with Crippen molar-refractivity contribution in [3.63, 3.8) is 0 Å². The second kappa shape index (κ2) is 6.84. The summed E-state index contributed by atoms with van der Waals surface area (Å²) >= 11 is 0. The summed E-state index contributed by atoms with van der Waals surface area (Å²) in [6.07, 6.45) is -1.37. The van der Waals surface area contributed by atoms with Gasteiger partial charge < -0.3 is 16.0 Å². The normalized spacial score (nSPS) is 23.1. The lowest BCUT2D eigenvalue weighted by atomic mass is 10.1. The van der Waals surface area contributed by atoms with Gasteiger partial charge in [0.05, 0.1) is 12.1 Å². The first-order chi connectivity index (χ1) is 13.4. The molecule has 2 aliphatic rings. The van der Waals surface area contributed by atoms with Crippen LogP contribution >= 0.6 is 0 Å². The van der Waals surface area contributed by atoms with Gasteiger partial charge in [-0.05, 0) is 24.8 Å². The van der Waals surface area contributed by atoms with E-state index in [2.05, 4.69) is 10.4 Å². The van der Waals surface area contributed by atoms with E-state index in [4.69, 9.17) is 5.73 Å². The number of carbonyl (C=O) groups excluding carboxylic acids is 3. The van der Waals surface area contributed by atoms with Crippen molar-refractivity contribution in [1.82, 2.24) is 20.0 Å². The zero-order valence-corrected chi connectivity index (χ0v) is 14.8. The number of nitrogens with two attached hydrogens (primary N) is 1. The van der Waals surface area contributed by atoms with Gasteiger partial charge in [-0.25, -0.2) is 8.78 Å². The van der Waals surface area contributed by atoms with E-state index in [9.17, 15) is 23.2 Å². The molecule has 2 aromatic rings. The van der Waals surface area contributed by atoms with E-state index in [0.717, 1.165) is 6.42 Å². The molecule has 0 unspecified atom stereocenters. The molecular weight excluding hydrogens is 372 g/mol. The number of nitrogens with one attached hydrogen (secondary N) is 1. The van der Waals surface area contributed by atoms with Crippen LogP contribution in [0, 0.1) is 5.92 Å². The number of carbonyl (C=O) groups is 3. The minimum Gasteiger partial charge on any atom is -0.364 e. The molecule has 1 saturated heterocycles. The van der Waals surface area contributed by atoms with Crippen molar-refractivity contribution in [3.8, 4) is 0 Å². The highest BCUT2D eigenvalue weighted by Gasteiger charge is 2.56. The topological polar surface area (TPSA) is 110 Å². The maximum absolute atomic E-state index is 12.9. The largest absolute Gasteiger partial charge is 0.364 e. The standard InChI is InChI=1S/C18H19F2N5O3/c19-14(20)7-22-18(28)13-6-9-5-12(9)25(13)15(26)8-24-11-4-2-1-3-10(11)16(23-24)17(21)27/h1-4,9,12-14H,5-8H2,(H2,21,27)(H,22,28)/t9-,12-,13+/m1/s1. The van der Waals surface area contributed by atoms with Crippen molar-refractivity contribution >= 4 is 28.6 Å². The minimum absolute atomic E-state index is 0.0489. The zero-order chi connectivity index (χ0) is 20.0. The molecule has 28 heavy (non-hydrogen) atoms. The molecule has 0 spiro atoms. The molecule has 3 N–H and O–H groups in total. The zero-order valence-electron chi connectivity index (χ0n) is 14.8. The maximum Gasteiger partial charge on any atom is 0.269 e. The number of nitrogens with zero attached hydrogens (tertiary/aromatic N) is 3. The maximum atomic E-state index is 12.9. The van der Waals surface area contributed by atoms with Crippen LogP contribution in [0.1, 0.15) is 23.3 Å². The molecule has 0 bridgehead atoms. The molecule has 10 heteroatoms. The van der Waals surface area contributed by atoms with Crippen molar-refractivity contribution in [3.05, 3.63) is 30.0 Å². The van der Waals surface area contributed by atoms with Gasteiger partial charge in [0.25, 0.3) is 12.3 Å². The van der Waals surface area contributed by atoms with E-state index in [1.54, 1.807) is 24.3 Å². The molecule has 4 rings (SSSR count). The average molecular weight is 391 g/mol. The number of primary amides is 1. The number of halogens is 2. The lowest BCUT2D eigenvalue weighted by molar-refractivity contribution is -0.140. The number of aromatic nitrogens is 2. The Morgan fingerprint density at radius 1 is 1.25 bits per heavy atom. The van der Waals surface area contributed by atoms with Gasteiger partial charge in [0.1, 0.15) is 12.6 Å². The Morgan fingerprint density at radius 2 is 2.00 bits per heavy atom. The lowest BCUT2D eigenvalue weighted by Gasteiger charge is -2.27. The SMILES string of the molecule is NC(=O)c1nn(CC(=O)N2[C@@H]3C[C@@H]3C[C@H]2C(=O)NCC(F)F)c2ccccc12. The van der Waals surface area contributed by atoms with Gasteiger partial charge in [-0.15, -0.1) is 0 Å². The molecule has 3 amide bonds. The second-order valence-electron chi connectivity index (χ2n) is 7.14. The molecule has 0 radical (unpaired) electrons. The monoisotopic (exact) mass is 391 g/mol. The Kier molecular flexibility index (Phi) is 4.48. The molecule has 2 fully saturated rings. The highest BCUT2D eigenvalue weighted by molar-refractivity contribution is 6.04. The van der Waals surface area contributed by atoms with Crippen LogP contribution in [0.3, 0.4) is 0 Å². The Bertz CT molecular complexity index is 960. The number of fused-ring (bicyclic) bond motifs is 2. The molecule has 3 atom stereocenters. The number of alkyl halides is 2. The number of benzene rings is 1. The second-order valence-corrected chi connectivity index (χ2v) is 7.14. The van der Waals surface area contributed by atoms with Crippen LogP contribution in [0.15, 0.2) is 24.3 Å². The van der Waals surface area contributed by atoms with E-state index < -0.39 is 30.8 Å². The van der Waals surface area contributed by atoms with E-state index >= 15 is 0 Å². The van der Waals surface area contributed by atoms with E-state index in [-0.39, 0.29) is 30.1 Å². The fourth-order valence-electron chi connectivity index (χ4n) is 3.98. The predicted octanol–water partition coefficient (Wildman–Crippen LogP) is 0.506. The molecule has 1 aliphatic carbocycles. The number of rotatable bonds is 6. The number of piperidine rings is 1. The summed E-state index contributed by atoms with van der Waals surface area (Å²) in [6.45, 7) is -0.909. The molecule has 148 valence electrons. The summed E-state index contributed by atoms with van der Waals surface area (Å²) < 4.78 is 26.2. The molecule has 1 aromatic carbocycles. The first-order valence-electron chi connectivity index (χ1n) is 8.99. The molecule has 2 heterocycles. The summed E-state index contributed by atoms with van der Waals surface area (Å²) in [6, 6.07) is 6.10. The number of hydrogen-bond donors (Lipinski definition) is 2. The molecule has 1 aromatic heterocycles. The summed E-state index contributed by atoms with van der Waals surface area (Å²) in [5, 5.41) is 6.90. The fraction of sp³-hybridized carbons (Fsp3) is 0.444. The van der Waals surface area contributed by atoms with E-state index in [1.165, 1.54) is 9.58 Å². The molecular formula is C18H19F2N5O3. The predicted molar refractivity (Wildman–Crippen MR) is 94.4 cm³/mol. The van der Waals surface area contributed by atoms with Crippen LogP contribution in [0.5, 0.6) is 0 Å². The van der Waals surface area contributed by atoms with Crippen LogP contribution in [0.25, 0.3) is 10.9 Å². The first kappa shape index (κ1) is 18.3. The summed E-state index contributed by atoms with van der Waals surface area (Å²) in [7, 11) is 0. The summed E-state index contributed by atoms with van der Waals surface area (Å²) in [5.74, 6) is -1.38.